The first-order chi connectivity index (χ1) is 18.1. The first kappa shape index (κ1) is 24.1. The molecule has 2 aliphatic heterocycles. The fourth-order valence-corrected chi connectivity index (χ4v) is 5.59. The van der Waals surface area contributed by atoms with Crippen molar-refractivity contribution in [2.45, 2.75) is 44.5 Å². The topological polar surface area (TPSA) is 116 Å². The van der Waals surface area contributed by atoms with Gasteiger partial charge < -0.3 is 19.9 Å². The quantitative estimate of drug-likeness (QED) is 0.398. The maximum absolute atomic E-state index is 13.9. The van der Waals surface area contributed by atoms with E-state index in [2.05, 4.69) is 9.97 Å². The number of imidazole rings is 1. The molecule has 2 aromatic heterocycles. The molecule has 1 amide bonds. The first-order valence-corrected chi connectivity index (χ1v) is 12.1. The lowest BCUT2D eigenvalue weighted by Gasteiger charge is -2.33. The predicted molar refractivity (Wildman–Crippen MR) is 134 cm³/mol. The van der Waals surface area contributed by atoms with Crippen molar-refractivity contribution in [3.63, 3.8) is 0 Å². The number of benzene rings is 2. The Bertz CT molecular complexity index is 1630. The van der Waals surface area contributed by atoms with Gasteiger partial charge in [-0.3, -0.25) is 9.59 Å². The third-order valence-electron chi connectivity index (χ3n) is 7.56. The van der Waals surface area contributed by atoms with Crippen LogP contribution in [0.3, 0.4) is 0 Å². The van der Waals surface area contributed by atoms with Gasteiger partial charge in [0.05, 0.1) is 28.8 Å². The summed E-state index contributed by atoms with van der Waals surface area (Å²) in [6.07, 6.45) is 1.78. The van der Waals surface area contributed by atoms with Gasteiger partial charge in [-0.2, -0.15) is 8.78 Å². The van der Waals surface area contributed by atoms with Crippen LogP contribution >= 0.6 is 0 Å². The number of ketones is 1. The van der Waals surface area contributed by atoms with Gasteiger partial charge in [-0.1, -0.05) is 12.1 Å². The molecule has 2 aliphatic rings. The molecule has 9 nitrogen and oxygen atoms in total. The van der Waals surface area contributed by atoms with Gasteiger partial charge in [0.1, 0.15) is 17.1 Å². The number of carbonyl (C=O) groups excluding carboxylic acids is 2. The number of nitrogens with two attached hydrogens (primary N) is 1. The molecule has 4 aromatic rings. The van der Waals surface area contributed by atoms with Gasteiger partial charge in [-0.15, -0.1) is 0 Å². The number of para-hydroxylation sites is 2. The number of hydrogen-bond acceptors (Lipinski definition) is 7. The minimum atomic E-state index is -3.17. The van der Waals surface area contributed by atoms with E-state index in [1.165, 1.54) is 25.3 Å². The van der Waals surface area contributed by atoms with Crippen LogP contribution < -0.4 is 10.5 Å². The van der Waals surface area contributed by atoms with Crippen molar-refractivity contribution < 1.29 is 23.1 Å². The van der Waals surface area contributed by atoms with E-state index in [1.807, 2.05) is 35.8 Å². The maximum atomic E-state index is 13.9. The van der Waals surface area contributed by atoms with E-state index < -0.39 is 30.0 Å². The molecule has 11 heteroatoms. The molecule has 38 heavy (non-hydrogen) atoms. The fourth-order valence-electron chi connectivity index (χ4n) is 5.59. The minimum absolute atomic E-state index is 0.136. The van der Waals surface area contributed by atoms with Crippen molar-refractivity contribution in [1.29, 1.82) is 0 Å². The van der Waals surface area contributed by atoms with Crippen LogP contribution in [0.2, 0.25) is 0 Å². The molecule has 0 aliphatic carbocycles. The van der Waals surface area contributed by atoms with Crippen LogP contribution in [0.1, 0.15) is 58.7 Å². The SMILES string of the molecule is CC(N)C(=O)c1nccc(-c2ccc3c(c2OC(F)F)[C@H]2C[C@](C)(c4nc5ccccc5n42)N(C)C3=O)n1. The van der Waals surface area contributed by atoms with Crippen LogP contribution in [-0.2, 0) is 5.54 Å². The van der Waals surface area contributed by atoms with Crippen LogP contribution in [0.4, 0.5) is 8.78 Å². The molecule has 0 saturated heterocycles. The minimum Gasteiger partial charge on any atom is -0.434 e. The Kier molecular flexibility index (Phi) is 5.32. The van der Waals surface area contributed by atoms with Crippen LogP contribution in [0.25, 0.3) is 22.3 Å². The lowest BCUT2D eigenvalue weighted by molar-refractivity contribution is -0.0503. The lowest BCUT2D eigenvalue weighted by Crippen LogP contribution is -2.43. The highest BCUT2D eigenvalue weighted by molar-refractivity contribution is 6.00. The zero-order valence-electron chi connectivity index (χ0n) is 20.9. The van der Waals surface area contributed by atoms with Crippen molar-refractivity contribution >= 4 is 22.7 Å². The molecule has 3 atom stereocenters. The van der Waals surface area contributed by atoms with E-state index in [-0.39, 0.29) is 34.3 Å². The Hall–Kier alpha value is -4.25. The molecular formula is C27H24F2N6O3. The van der Waals surface area contributed by atoms with Gasteiger partial charge in [-0.25, -0.2) is 15.0 Å². The average molecular weight is 519 g/mol. The van der Waals surface area contributed by atoms with Crippen LogP contribution in [0.15, 0.2) is 48.7 Å². The van der Waals surface area contributed by atoms with Crippen molar-refractivity contribution in [2.24, 2.45) is 5.73 Å². The first-order valence-electron chi connectivity index (χ1n) is 12.1. The number of Topliss-reactive ketones (excluding diaryl/α,β-unsaturated/α-hetero) is 1. The summed E-state index contributed by atoms with van der Waals surface area (Å²) in [6.45, 7) is 0.271. The Morgan fingerprint density at radius 3 is 2.63 bits per heavy atom. The Morgan fingerprint density at radius 1 is 1.16 bits per heavy atom. The molecule has 0 saturated carbocycles. The number of alkyl halides is 2. The van der Waals surface area contributed by atoms with Crippen LogP contribution in [-0.4, -0.2) is 55.8 Å². The number of aromatic nitrogens is 4. The van der Waals surface area contributed by atoms with Crippen molar-refractivity contribution in [3.8, 4) is 17.0 Å². The van der Waals surface area contributed by atoms with E-state index in [9.17, 15) is 18.4 Å². The standard InChI is InChI=1S/C27H24F2N6O3/c1-13(30)21(36)23-31-11-10-16(32-23)14-8-9-15-20(22(14)38-26(28)29)19-12-27(2,34(3)24(15)37)25-33-17-6-4-5-7-18(17)35(19)25/h4-11,13,19,26H,12,30H2,1-3H3/t13?,19-,27-/m1/s1. The molecule has 0 radical (unpaired) electrons. The molecule has 0 spiro atoms. The van der Waals surface area contributed by atoms with Crippen LogP contribution in [0, 0.1) is 0 Å². The van der Waals surface area contributed by atoms with Crippen molar-refractivity contribution in [2.75, 3.05) is 7.05 Å². The summed E-state index contributed by atoms with van der Waals surface area (Å²) in [5.74, 6) is -0.453. The Balaban J connectivity index is 1.65. The molecule has 0 fully saturated rings. The van der Waals surface area contributed by atoms with E-state index in [0.717, 1.165) is 11.0 Å². The zero-order chi connectivity index (χ0) is 26.9. The summed E-state index contributed by atoms with van der Waals surface area (Å²) in [4.78, 5) is 41.0. The Morgan fingerprint density at radius 2 is 1.89 bits per heavy atom. The van der Waals surface area contributed by atoms with Crippen LogP contribution in [0.5, 0.6) is 5.75 Å². The highest BCUT2D eigenvalue weighted by Gasteiger charge is 2.52. The van der Waals surface area contributed by atoms with Crippen molar-refractivity contribution in [1.82, 2.24) is 24.4 Å². The van der Waals surface area contributed by atoms with Crippen molar-refractivity contribution in [3.05, 3.63) is 71.4 Å². The van der Waals surface area contributed by atoms with Gasteiger partial charge in [0, 0.05) is 36.4 Å². The van der Waals surface area contributed by atoms with E-state index in [1.54, 1.807) is 18.0 Å². The summed E-state index contributed by atoms with van der Waals surface area (Å²) in [6, 6.07) is 10.8. The number of rotatable bonds is 5. The number of hydrogen-bond donors (Lipinski definition) is 1. The summed E-state index contributed by atoms with van der Waals surface area (Å²) in [5, 5.41) is 0. The second-order valence-electron chi connectivity index (χ2n) is 9.85. The molecule has 1 unspecified atom stereocenters. The third-order valence-corrected chi connectivity index (χ3v) is 7.56. The number of fused-ring (bicyclic) bond motifs is 9. The summed E-state index contributed by atoms with van der Waals surface area (Å²) >= 11 is 0. The normalized spacial score (nSPS) is 20.9. The highest BCUT2D eigenvalue weighted by Crippen LogP contribution is 2.54. The second kappa shape index (κ2) is 8.38. The highest BCUT2D eigenvalue weighted by atomic mass is 19.3. The predicted octanol–water partition coefficient (Wildman–Crippen LogP) is 3.92. The van der Waals surface area contributed by atoms with Gasteiger partial charge in [0.2, 0.25) is 5.78 Å². The number of amides is 1. The van der Waals surface area contributed by atoms with E-state index in [4.69, 9.17) is 15.5 Å². The molecule has 6 rings (SSSR count). The Labute approximate surface area is 216 Å². The molecular weight excluding hydrogens is 494 g/mol. The zero-order valence-corrected chi connectivity index (χ0v) is 20.9. The number of halogens is 2. The molecule has 194 valence electrons. The summed E-state index contributed by atoms with van der Waals surface area (Å²) in [5.41, 5.74) is 7.49. The number of carbonyl (C=O) groups is 2. The number of ether oxygens (including phenoxy) is 1. The number of nitrogens with zero attached hydrogens (tertiary/aromatic N) is 5. The molecule has 2 bridgehead atoms. The monoisotopic (exact) mass is 518 g/mol. The fraction of sp³-hybridized carbons (Fsp3) is 0.296. The van der Waals surface area contributed by atoms with E-state index >= 15 is 0 Å². The summed E-state index contributed by atoms with van der Waals surface area (Å²) < 4.78 is 35.0. The van der Waals surface area contributed by atoms with Gasteiger partial charge >= 0.3 is 6.61 Å². The summed E-state index contributed by atoms with van der Waals surface area (Å²) in [7, 11) is 1.70. The second-order valence-corrected chi connectivity index (χ2v) is 9.85. The molecule has 4 heterocycles. The van der Waals surface area contributed by atoms with Gasteiger partial charge in [0.25, 0.3) is 5.91 Å². The van der Waals surface area contributed by atoms with Gasteiger partial charge in [0.15, 0.2) is 5.82 Å². The average Bonchev–Trinajstić information content (AvgIpc) is 3.40. The lowest BCUT2D eigenvalue weighted by atomic mass is 9.91. The molecule has 2 N–H and O–H groups in total. The third kappa shape index (κ3) is 3.34. The van der Waals surface area contributed by atoms with E-state index in [0.29, 0.717) is 17.8 Å². The van der Waals surface area contributed by atoms with Gasteiger partial charge in [-0.05, 0) is 44.2 Å². The smallest absolute Gasteiger partial charge is 0.387 e. The largest absolute Gasteiger partial charge is 0.434 e. The molecule has 2 aromatic carbocycles. The maximum Gasteiger partial charge on any atom is 0.387 e.